The van der Waals surface area contributed by atoms with Gasteiger partial charge in [-0.2, -0.15) is 0 Å². The largest absolute Gasteiger partial charge is 0.498 e. The molecule has 0 aliphatic heterocycles. The summed E-state index contributed by atoms with van der Waals surface area (Å²) in [5.74, 6) is 0.807. The Bertz CT molecular complexity index is 211. The zero-order valence-corrected chi connectivity index (χ0v) is 13.9. The van der Waals surface area contributed by atoms with Crippen LogP contribution in [0.2, 0.25) is 0 Å². The molecule has 0 aromatic rings. The maximum absolute atomic E-state index is 12.5. The monoisotopic (exact) mass is 276 g/mol. The smallest absolute Gasteiger partial charge is 0.100 e. The topological polar surface area (TPSA) is 18.5 Å². The summed E-state index contributed by atoms with van der Waals surface area (Å²) >= 11 is 0. The van der Waals surface area contributed by atoms with Gasteiger partial charge in [-0.1, -0.05) is 41.5 Å². The molecule has 19 heavy (non-hydrogen) atoms. The highest BCUT2D eigenvalue weighted by molar-refractivity contribution is 5.16. The lowest BCUT2D eigenvalue weighted by Gasteiger charge is -2.11. The average Bonchev–Trinajstić information content (AvgIpc) is 2.52. The van der Waals surface area contributed by atoms with Crippen LogP contribution in [0.3, 0.4) is 0 Å². The van der Waals surface area contributed by atoms with Gasteiger partial charge in [0.2, 0.25) is 0 Å². The molecule has 1 rings (SSSR count). The number of methoxy groups -OCH3 is 1. The number of allylic oxidation sites excluding steroid dienone is 4. The number of ether oxygens (including phenoxy) is 2. The van der Waals surface area contributed by atoms with Gasteiger partial charge in [-0.05, 0) is 12.2 Å². The van der Waals surface area contributed by atoms with E-state index in [-0.39, 0.29) is 5.83 Å². The molecule has 0 heterocycles. The fourth-order valence-electron chi connectivity index (χ4n) is 1.12. The molecule has 0 N–H and O–H groups in total. The number of halogens is 1. The molecule has 0 saturated carbocycles. The van der Waals surface area contributed by atoms with Crippen LogP contribution in [-0.4, -0.2) is 20.3 Å². The first-order valence-corrected chi connectivity index (χ1v) is 7.50. The lowest BCUT2D eigenvalue weighted by molar-refractivity contribution is 0.140. The van der Waals surface area contributed by atoms with Crippen LogP contribution in [0.4, 0.5) is 4.39 Å². The Hall–Kier alpha value is -0.830. The summed E-state index contributed by atoms with van der Waals surface area (Å²) in [5.41, 5.74) is 0. The lowest BCUT2D eigenvalue weighted by Crippen LogP contribution is -2.01. The molecule has 0 amide bonds. The average molecular weight is 276 g/mol. The molecule has 0 atom stereocenters. The van der Waals surface area contributed by atoms with Crippen molar-refractivity contribution in [2.45, 2.75) is 60.8 Å². The van der Waals surface area contributed by atoms with Crippen LogP contribution in [0.25, 0.3) is 0 Å². The summed E-state index contributed by atoms with van der Waals surface area (Å²) in [7, 11) is 1.66. The first-order valence-electron chi connectivity index (χ1n) is 7.50. The van der Waals surface area contributed by atoms with E-state index in [1.165, 1.54) is 6.08 Å². The highest BCUT2D eigenvalue weighted by atomic mass is 19.1. The molecular weight excluding hydrogens is 243 g/mol. The number of hydrogen-bond donors (Lipinski definition) is 0. The van der Waals surface area contributed by atoms with Crippen LogP contribution in [0, 0.1) is 0 Å². The Morgan fingerprint density at radius 1 is 0.947 bits per heavy atom. The molecule has 1 aliphatic carbocycles. The second-order valence-electron chi connectivity index (χ2n) is 2.94. The number of hydrogen-bond acceptors (Lipinski definition) is 2. The van der Waals surface area contributed by atoms with Crippen LogP contribution < -0.4 is 0 Å². The molecule has 116 valence electrons. The van der Waals surface area contributed by atoms with Crippen LogP contribution in [0.5, 0.6) is 0 Å². The van der Waals surface area contributed by atoms with Gasteiger partial charge in [-0.25, -0.2) is 4.39 Å². The van der Waals surface area contributed by atoms with Crippen molar-refractivity contribution < 1.29 is 13.9 Å². The van der Waals surface area contributed by atoms with E-state index in [4.69, 9.17) is 9.47 Å². The minimum Gasteiger partial charge on any atom is -0.498 e. The van der Waals surface area contributed by atoms with E-state index in [0.717, 1.165) is 12.2 Å². The fourth-order valence-corrected chi connectivity index (χ4v) is 1.12. The van der Waals surface area contributed by atoms with Gasteiger partial charge in [0.1, 0.15) is 5.83 Å². The van der Waals surface area contributed by atoms with Crippen LogP contribution in [0.15, 0.2) is 23.7 Å². The normalized spacial score (nSPS) is 12.2. The zero-order valence-electron chi connectivity index (χ0n) is 13.9. The molecular formula is C16H33FO2. The Labute approximate surface area is 119 Å². The SMILES string of the molecule is CC.CC.CC.COCCCOC1=CC=C(F)CC1. The molecule has 0 spiro atoms. The van der Waals surface area contributed by atoms with Gasteiger partial charge in [-0.3, -0.25) is 0 Å². The van der Waals surface area contributed by atoms with Gasteiger partial charge < -0.3 is 9.47 Å². The standard InChI is InChI=1S/C10H15FO2.3C2H6/c1-12-7-2-8-13-10-5-3-9(11)4-6-10;3*1-2/h3,5H,2,4,6-8H2,1H3;3*1-2H3. The highest BCUT2D eigenvalue weighted by Crippen LogP contribution is 2.19. The maximum atomic E-state index is 12.5. The van der Waals surface area contributed by atoms with Crippen molar-refractivity contribution in [1.29, 1.82) is 0 Å². The Morgan fingerprint density at radius 2 is 1.53 bits per heavy atom. The maximum Gasteiger partial charge on any atom is 0.100 e. The van der Waals surface area contributed by atoms with E-state index in [0.29, 0.717) is 26.1 Å². The van der Waals surface area contributed by atoms with Gasteiger partial charge in [0, 0.05) is 33.0 Å². The minimum atomic E-state index is -0.0655. The summed E-state index contributed by atoms with van der Waals surface area (Å²) in [6, 6.07) is 0. The third-order valence-corrected chi connectivity index (χ3v) is 1.84. The van der Waals surface area contributed by atoms with Crippen LogP contribution in [0.1, 0.15) is 60.8 Å². The van der Waals surface area contributed by atoms with Gasteiger partial charge in [0.05, 0.1) is 12.4 Å². The Kier molecular flexibility index (Phi) is 27.4. The van der Waals surface area contributed by atoms with E-state index in [1.807, 2.05) is 41.5 Å². The molecule has 0 unspecified atom stereocenters. The van der Waals surface area contributed by atoms with E-state index in [1.54, 1.807) is 13.2 Å². The van der Waals surface area contributed by atoms with Crippen molar-refractivity contribution in [3.63, 3.8) is 0 Å². The molecule has 1 aliphatic rings. The predicted molar refractivity (Wildman–Crippen MR) is 83.0 cm³/mol. The Morgan fingerprint density at radius 3 is 1.95 bits per heavy atom. The third kappa shape index (κ3) is 17.2. The van der Waals surface area contributed by atoms with Crippen molar-refractivity contribution in [1.82, 2.24) is 0 Å². The van der Waals surface area contributed by atoms with Crippen LogP contribution >= 0.6 is 0 Å². The summed E-state index contributed by atoms with van der Waals surface area (Å²) in [6.07, 6.45) is 5.19. The molecule has 0 aromatic heterocycles. The molecule has 2 nitrogen and oxygen atoms in total. The second-order valence-corrected chi connectivity index (χ2v) is 2.94. The summed E-state index contributed by atoms with van der Waals surface area (Å²) in [6.45, 7) is 13.4. The fraction of sp³-hybridized carbons (Fsp3) is 0.750. The van der Waals surface area contributed by atoms with E-state index in [9.17, 15) is 4.39 Å². The van der Waals surface area contributed by atoms with E-state index < -0.39 is 0 Å². The quantitative estimate of drug-likeness (QED) is 0.604. The van der Waals surface area contributed by atoms with Crippen molar-refractivity contribution in [2.75, 3.05) is 20.3 Å². The first kappa shape index (κ1) is 23.3. The second kappa shape index (κ2) is 22.4. The molecule has 0 fully saturated rings. The summed E-state index contributed by atoms with van der Waals surface area (Å²) < 4.78 is 22.8. The van der Waals surface area contributed by atoms with Crippen molar-refractivity contribution in [2.24, 2.45) is 0 Å². The van der Waals surface area contributed by atoms with Gasteiger partial charge in [-0.15, -0.1) is 0 Å². The van der Waals surface area contributed by atoms with Crippen molar-refractivity contribution >= 4 is 0 Å². The minimum absolute atomic E-state index is 0.0655. The molecule has 0 radical (unpaired) electrons. The number of rotatable bonds is 5. The third-order valence-electron chi connectivity index (χ3n) is 1.84. The molecule has 0 bridgehead atoms. The lowest BCUT2D eigenvalue weighted by atomic mass is 10.1. The van der Waals surface area contributed by atoms with Gasteiger partial charge in [0.25, 0.3) is 0 Å². The van der Waals surface area contributed by atoms with E-state index >= 15 is 0 Å². The molecule has 3 heteroatoms. The first-order chi connectivity index (χ1) is 9.33. The highest BCUT2D eigenvalue weighted by Gasteiger charge is 2.05. The van der Waals surface area contributed by atoms with Gasteiger partial charge in [0.15, 0.2) is 0 Å². The predicted octanol–water partition coefficient (Wildman–Crippen LogP) is 5.65. The summed E-state index contributed by atoms with van der Waals surface area (Å²) in [5, 5.41) is 0. The molecule has 0 saturated heterocycles. The summed E-state index contributed by atoms with van der Waals surface area (Å²) in [4.78, 5) is 0. The molecule has 0 aromatic carbocycles. The zero-order chi connectivity index (χ0) is 15.5. The van der Waals surface area contributed by atoms with Crippen molar-refractivity contribution in [3.8, 4) is 0 Å². The Balaban J connectivity index is -0.000000375. The van der Waals surface area contributed by atoms with Gasteiger partial charge >= 0.3 is 0 Å². The van der Waals surface area contributed by atoms with E-state index in [2.05, 4.69) is 0 Å². The van der Waals surface area contributed by atoms with Crippen molar-refractivity contribution in [3.05, 3.63) is 23.7 Å². The van der Waals surface area contributed by atoms with Crippen LogP contribution in [-0.2, 0) is 9.47 Å².